The molecule has 1 saturated heterocycles. The number of aromatic nitrogens is 3. The van der Waals surface area contributed by atoms with E-state index in [1.165, 1.54) is 11.3 Å². The predicted octanol–water partition coefficient (Wildman–Crippen LogP) is 4.62. The van der Waals surface area contributed by atoms with Crippen LogP contribution in [-0.4, -0.2) is 39.1 Å². The Bertz CT molecular complexity index is 1090. The number of nitrogens with one attached hydrogen (secondary N) is 1. The molecule has 1 N–H and O–H groups in total. The van der Waals surface area contributed by atoms with E-state index < -0.39 is 11.9 Å². The summed E-state index contributed by atoms with van der Waals surface area (Å²) >= 11 is 1.44. The fraction of sp³-hybridized carbons (Fsp3) is 0.263. The second-order valence-electron chi connectivity index (χ2n) is 6.63. The highest BCUT2D eigenvalue weighted by Gasteiger charge is 2.32. The Balaban J connectivity index is 1.55. The number of hydrogen-bond donors (Lipinski definition) is 1. The number of carbonyl (C=O) groups is 1. The molecule has 4 rings (SSSR count). The largest absolute Gasteiger partial charge is 0.448 e. The Hall–Kier alpha value is -3.21. The van der Waals surface area contributed by atoms with E-state index in [1.54, 1.807) is 23.2 Å². The lowest BCUT2D eigenvalue weighted by Gasteiger charge is -2.10. The van der Waals surface area contributed by atoms with Gasteiger partial charge in [-0.1, -0.05) is 6.07 Å². The molecule has 3 heterocycles. The van der Waals surface area contributed by atoms with Crippen LogP contribution in [0.3, 0.4) is 0 Å². The van der Waals surface area contributed by atoms with Gasteiger partial charge in [-0.25, -0.2) is 19.7 Å². The minimum absolute atomic E-state index is 0.140. The summed E-state index contributed by atoms with van der Waals surface area (Å²) in [5.41, 5.74) is 1.29. The Morgan fingerprint density at radius 2 is 2.10 bits per heavy atom. The maximum Gasteiger partial charge on any atom is 0.433 e. The molecule has 0 unspecified atom stereocenters. The first-order valence-corrected chi connectivity index (χ1v) is 9.75. The molecule has 0 radical (unpaired) electrons. The van der Waals surface area contributed by atoms with Gasteiger partial charge in [0, 0.05) is 18.1 Å². The van der Waals surface area contributed by atoms with Crippen LogP contribution >= 0.6 is 11.3 Å². The first kappa shape index (κ1) is 20.1. The monoisotopic (exact) mass is 435 g/mol. The van der Waals surface area contributed by atoms with Crippen LogP contribution in [0.1, 0.15) is 16.3 Å². The maximum absolute atomic E-state index is 12.9. The molecule has 0 spiro atoms. The summed E-state index contributed by atoms with van der Waals surface area (Å²) in [7, 11) is 0. The number of alkyl halides is 3. The van der Waals surface area contributed by atoms with Crippen LogP contribution in [0.2, 0.25) is 0 Å². The first-order valence-electron chi connectivity index (χ1n) is 8.94. The van der Waals surface area contributed by atoms with Crippen molar-refractivity contribution in [1.82, 2.24) is 19.9 Å². The van der Waals surface area contributed by atoms with E-state index >= 15 is 0 Å². The smallest absolute Gasteiger partial charge is 0.433 e. The maximum atomic E-state index is 12.9. The number of aryl methyl sites for hydroxylation is 1. The molecule has 7 nitrogen and oxygen atoms in total. The third-order valence-corrected chi connectivity index (χ3v) is 5.32. The Labute approximate surface area is 173 Å². The van der Waals surface area contributed by atoms with Crippen molar-refractivity contribution < 1.29 is 22.7 Å². The normalized spacial score (nSPS) is 14.1. The zero-order valence-corrected chi connectivity index (χ0v) is 16.5. The summed E-state index contributed by atoms with van der Waals surface area (Å²) in [6.45, 7) is 3.16. The van der Waals surface area contributed by atoms with E-state index in [0.29, 0.717) is 25.4 Å². The van der Waals surface area contributed by atoms with Gasteiger partial charge in [-0.2, -0.15) is 13.2 Å². The van der Waals surface area contributed by atoms with E-state index in [4.69, 9.17) is 4.74 Å². The highest BCUT2D eigenvalue weighted by atomic mass is 32.1. The predicted molar refractivity (Wildman–Crippen MR) is 104 cm³/mol. The molecule has 1 aliphatic heterocycles. The molecule has 0 saturated carbocycles. The molecule has 1 amide bonds. The Kier molecular flexibility index (Phi) is 5.29. The van der Waals surface area contributed by atoms with Gasteiger partial charge >= 0.3 is 12.3 Å². The van der Waals surface area contributed by atoms with Gasteiger partial charge in [-0.15, -0.1) is 11.3 Å². The molecule has 0 atom stereocenters. The Morgan fingerprint density at radius 3 is 2.83 bits per heavy atom. The number of ether oxygens (including phenoxy) is 1. The van der Waals surface area contributed by atoms with E-state index in [9.17, 15) is 18.0 Å². The van der Waals surface area contributed by atoms with Gasteiger partial charge < -0.3 is 10.1 Å². The van der Waals surface area contributed by atoms with Crippen LogP contribution in [0.5, 0.6) is 0 Å². The third kappa shape index (κ3) is 4.51. The van der Waals surface area contributed by atoms with Gasteiger partial charge in [-0.05, 0) is 36.2 Å². The average molecular weight is 435 g/mol. The van der Waals surface area contributed by atoms with Crippen molar-refractivity contribution in [3.8, 4) is 10.4 Å². The molecule has 3 aromatic rings. The minimum Gasteiger partial charge on any atom is -0.448 e. The van der Waals surface area contributed by atoms with Crippen molar-refractivity contribution in [3.05, 3.63) is 52.9 Å². The number of carbonyl (C=O) groups excluding carboxylic acids is 1. The molecule has 0 bridgehead atoms. The van der Waals surface area contributed by atoms with Crippen LogP contribution in [-0.2, 0) is 17.5 Å². The zero-order valence-electron chi connectivity index (χ0n) is 15.7. The molecule has 1 aromatic carbocycles. The third-order valence-electron chi connectivity index (χ3n) is 4.29. The quantitative estimate of drug-likeness (QED) is 0.630. The molecule has 1 aliphatic rings. The lowest BCUT2D eigenvalue weighted by atomic mass is 10.1. The summed E-state index contributed by atoms with van der Waals surface area (Å²) in [4.78, 5) is 25.8. The minimum atomic E-state index is -4.54. The van der Waals surface area contributed by atoms with E-state index in [0.717, 1.165) is 33.3 Å². The Morgan fingerprint density at radius 1 is 1.27 bits per heavy atom. The first-order chi connectivity index (χ1) is 14.3. The van der Waals surface area contributed by atoms with Crippen molar-refractivity contribution in [2.45, 2.75) is 19.6 Å². The highest BCUT2D eigenvalue weighted by Crippen LogP contribution is 2.32. The number of hydrogen-bond acceptors (Lipinski definition) is 7. The van der Waals surface area contributed by atoms with Crippen molar-refractivity contribution >= 4 is 29.1 Å². The van der Waals surface area contributed by atoms with Crippen LogP contribution in [0, 0.1) is 6.92 Å². The van der Waals surface area contributed by atoms with E-state index in [-0.39, 0.29) is 12.0 Å². The second kappa shape index (κ2) is 7.90. The number of benzene rings is 1. The SMILES string of the molecule is Cc1cc(Nc2nccc(C(F)(F)F)n2)cc(-c2cnc(CN3CCOC3=O)s2)c1. The molecular formula is C19H16F3N5O2S. The van der Waals surface area contributed by atoms with Crippen molar-refractivity contribution in [2.75, 3.05) is 18.5 Å². The number of anilines is 2. The molecule has 156 valence electrons. The highest BCUT2D eigenvalue weighted by molar-refractivity contribution is 7.15. The van der Waals surface area contributed by atoms with Crippen molar-refractivity contribution in [2.24, 2.45) is 0 Å². The van der Waals surface area contributed by atoms with Crippen LogP contribution in [0.4, 0.5) is 29.6 Å². The molecule has 30 heavy (non-hydrogen) atoms. The summed E-state index contributed by atoms with van der Waals surface area (Å²) in [5, 5.41) is 3.60. The standard InChI is InChI=1S/C19H16F3N5O2S/c1-11-6-12(14-9-24-16(30-14)10-27-4-5-29-18(27)28)8-13(7-11)25-17-23-3-2-15(26-17)19(20,21)22/h2-3,6-9H,4-5,10H2,1H3,(H,23,25,26). The van der Waals surface area contributed by atoms with Gasteiger partial charge in [0.25, 0.3) is 0 Å². The summed E-state index contributed by atoms with van der Waals surface area (Å²) in [6.07, 6.45) is -2.12. The second-order valence-corrected chi connectivity index (χ2v) is 7.75. The van der Waals surface area contributed by atoms with Crippen LogP contribution in [0.15, 0.2) is 36.7 Å². The van der Waals surface area contributed by atoms with Gasteiger partial charge in [0.05, 0.1) is 18.0 Å². The van der Waals surface area contributed by atoms with Crippen LogP contribution < -0.4 is 5.32 Å². The summed E-state index contributed by atoms with van der Waals surface area (Å²) in [6, 6.07) is 6.34. The topological polar surface area (TPSA) is 80.2 Å². The van der Waals surface area contributed by atoms with Crippen LogP contribution in [0.25, 0.3) is 10.4 Å². The number of rotatable bonds is 5. The zero-order chi connectivity index (χ0) is 21.3. The van der Waals surface area contributed by atoms with E-state index in [2.05, 4.69) is 20.3 Å². The van der Waals surface area contributed by atoms with Crippen molar-refractivity contribution in [3.63, 3.8) is 0 Å². The van der Waals surface area contributed by atoms with Crippen molar-refractivity contribution in [1.29, 1.82) is 0 Å². The molecule has 11 heteroatoms. The number of nitrogens with zero attached hydrogens (tertiary/aromatic N) is 4. The number of thiazole rings is 1. The van der Waals surface area contributed by atoms with Gasteiger partial charge in [0.1, 0.15) is 17.3 Å². The molecular weight excluding hydrogens is 419 g/mol. The number of halogens is 3. The molecule has 0 aliphatic carbocycles. The summed E-state index contributed by atoms with van der Waals surface area (Å²) < 4.78 is 43.5. The lowest BCUT2D eigenvalue weighted by Crippen LogP contribution is -2.23. The summed E-state index contributed by atoms with van der Waals surface area (Å²) in [5.74, 6) is -0.140. The average Bonchev–Trinajstić information content (AvgIpc) is 3.31. The number of amides is 1. The van der Waals surface area contributed by atoms with Gasteiger partial charge in [0.15, 0.2) is 0 Å². The van der Waals surface area contributed by atoms with E-state index in [1.807, 2.05) is 13.0 Å². The fourth-order valence-electron chi connectivity index (χ4n) is 2.95. The van der Waals surface area contributed by atoms with Gasteiger partial charge in [-0.3, -0.25) is 4.90 Å². The molecule has 2 aromatic heterocycles. The molecule has 1 fully saturated rings. The van der Waals surface area contributed by atoms with Gasteiger partial charge in [0.2, 0.25) is 5.95 Å². The lowest BCUT2D eigenvalue weighted by molar-refractivity contribution is -0.141. The fourth-order valence-corrected chi connectivity index (χ4v) is 3.87. The number of cyclic esters (lactones) is 1.